The summed E-state index contributed by atoms with van der Waals surface area (Å²) in [6.45, 7) is 2.94. The fourth-order valence-electron chi connectivity index (χ4n) is 1.87. The van der Waals surface area contributed by atoms with Crippen LogP contribution in [-0.4, -0.2) is 22.8 Å². The number of rotatable bonds is 5. The Labute approximate surface area is 113 Å². The molecular weight excluding hydrogens is 238 g/mol. The number of aromatic amines is 1. The molecule has 0 unspecified atom stereocenters. The number of carbonyl (C=O) groups excluding carboxylic acids is 1. The van der Waals surface area contributed by atoms with Crippen LogP contribution in [0.3, 0.4) is 0 Å². The highest BCUT2D eigenvalue weighted by Gasteiger charge is 2.07. The van der Waals surface area contributed by atoms with E-state index in [1.807, 2.05) is 49.6 Å². The molecule has 0 saturated heterocycles. The van der Waals surface area contributed by atoms with Crippen LogP contribution in [0.5, 0.6) is 0 Å². The van der Waals surface area contributed by atoms with Gasteiger partial charge in [0.1, 0.15) is 0 Å². The van der Waals surface area contributed by atoms with Gasteiger partial charge in [-0.05, 0) is 23.8 Å². The van der Waals surface area contributed by atoms with Gasteiger partial charge in [0.15, 0.2) is 0 Å². The molecule has 0 aliphatic carbocycles. The van der Waals surface area contributed by atoms with E-state index in [1.165, 1.54) is 0 Å². The van der Waals surface area contributed by atoms with E-state index in [2.05, 4.69) is 10.3 Å². The highest BCUT2D eigenvalue weighted by molar-refractivity contribution is 5.73. The normalized spacial score (nSPS) is 10.2. The Morgan fingerprint density at radius 3 is 2.74 bits per heavy atom. The van der Waals surface area contributed by atoms with E-state index < -0.39 is 0 Å². The molecule has 4 nitrogen and oxygen atoms in total. The van der Waals surface area contributed by atoms with E-state index in [-0.39, 0.29) is 5.91 Å². The number of H-pyrrole nitrogens is 1. The third kappa shape index (κ3) is 3.61. The number of benzene rings is 1. The highest BCUT2D eigenvalue weighted by Crippen LogP contribution is 2.17. The van der Waals surface area contributed by atoms with Gasteiger partial charge in [0.2, 0.25) is 5.91 Å². The second-order valence-electron chi connectivity index (χ2n) is 4.58. The Morgan fingerprint density at radius 1 is 1.26 bits per heavy atom. The summed E-state index contributed by atoms with van der Waals surface area (Å²) >= 11 is 0. The third-order valence-corrected chi connectivity index (χ3v) is 3.09. The van der Waals surface area contributed by atoms with Crippen LogP contribution in [0, 0.1) is 0 Å². The number of aromatic nitrogens is 1. The quantitative estimate of drug-likeness (QED) is 0.865. The zero-order chi connectivity index (χ0) is 13.7. The van der Waals surface area contributed by atoms with Crippen LogP contribution < -0.4 is 5.32 Å². The molecule has 0 fully saturated rings. The number of hydrogen-bond donors (Lipinski definition) is 2. The van der Waals surface area contributed by atoms with Crippen molar-refractivity contribution in [1.82, 2.24) is 9.88 Å². The predicted octanol–water partition coefficient (Wildman–Crippen LogP) is 2.61. The lowest BCUT2D eigenvalue weighted by molar-refractivity contribution is -0.128. The van der Waals surface area contributed by atoms with Gasteiger partial charge >= 0.3 is 0 Å². The van der Waals surface area contributed by atoms with Crippen LogP contribution in [0.4, 0.5) is 5.69 Å². The van der Waals surface area contributed by atoms with Crippen molar-refractivity contribution in [3.05, 3.63) is 53.9 Å². The average molecular weight is 257 g/mol. The molecule has 0 spiro atoms. The molecule has 2 N–H and O–H groups in total. The summed E-state index contributed by atoms with van der Waals surface area (Å²) in [7, 11) is 1.81. The number of hydrogen-bond acceptors (Lipinski definition) is 2. The summed E-state index contributed by atoms with van der Waals surface area (Å²) in [5.41, 5.74) is 3.31. The molecule has 1 aromatic heterocycles. The molecule has 19 heavy (non-hydrogen) atoms. The van der Waals surface area contributed by atoms with E-state index in [0.29, 0.717) is 6.54 Å². The molecule has 100 valence electrons. The van der Waals surface area contributed by atoms with Gasteiger partial charge in [0, 0.05) is 38.1 Å². The smallest absolute Gasteiger partial charge is 0.219 e. The van der Waals surface area contributed by atoms with Crippen molar-refractivity contribution in [1.29, 1.82) is 0 Å². The Hall–Kier alpha value is -2.23. The topological polar surface area (TPSA) is 48.1 Å². The van der Waals surface area contributed by atoms with Crippen LogP contribution in [-0.2, 0) is 17.9 Å². The maximum Gasteiger partial charge on any atom is 0.219 e. The third-order valence-electron chi connectivity index (χ3n) is 3.09. The van der Waals surface area contributed by atoms with Crippen LogP contribution in [0.25, 0.3) is 0 Å². The monoisotopic (exact) mass is 257 g/mol. The molecule has 2 aromatic rings. The van der Waals surface area contributed by atoms with Crippen molar-refractivity contribution in [3.63, 3.8) is 0 Å². The van der Waals surface area contributed by atoms with E-state index >= 15 is 0 Å². The van der Waals surface area contributed by atoms with Gasteiger partial charge in [0.05, 0.1) is 6.54 Å². The number of para-hydroxylation sites is 1. The molecular formula is C15H19N3O. The standard InChI is InChI=1S/C15H19N3O/c1-12(19)18(2)11-13-6-3-4-8-15(13)17-10-14-7-5-9-16-14/h3-9,16-17H,10-11H2,1-2H3. The molecule has 0 radical (unpaired) electrons. The SMILES string of the molecule is CC(=O)N(C)Cc1ccccc1NCc1ccc[nH]1. The minimum Gasteiger partial charge on any atom is -0.379 e. The predicted molar refractivity (Wildman–Crippen MR) is 76.7 cm³/mol. The molecule has 4 heteroatoms. The van der Waals surface area contributed by atoms with E-state index in [4.69, 9.17) is 0 Å². The fraction of sp³-hybridized carbons (Fsp3) is 0.267. The first-order valence-electron chi connectivity index (χ1n) is 6.32. The zero-order valence-corrected chi connectivity index (χ0v) is 11.3. The van der Waals surface area contributed by atoms with Gasteiger partial charge in [-0.2, -0.15) is 0 Å². The molecule has 0 aliphatic heterocycles. The second-order valence-corrected chi connectivity index (χ2v) is 4.58. The summed E-state index contributed by atoms with van der Waals surface area (Å²) in [5, 5.41) is 3.39. The second kappa shape index (κ2) is 6.09. The Bertz CT molecular complexity index is 534. The first-order chi connectivity index (χ1) is 9.16. The van der Waals surface area contributed by atoms with Crippen molar-refractivity contribution < 1.29 is 4.79 Å². The number of nitrogens with one attached hydrogen (secondary N) is 2. The first-order valence-corrected chi connectivity index (χ1v) is 6.32. The van der Waals surface area contributed by atoms with E-state index in [0.717, 1.165) is 23.5 Å². The molecule has 0 bridgehead atoms. The van der Waals surface area contributed by atoms with Gasteiger partial charge in [-0.25, -0.2) is 0 Å². The lowest BCUT2D eigenvalue weighted by atomic mass is 10.1. The molecule has 1 aromatic carbocycles. The van der Waals surface area contributed by atoms with Gasteiger partial charge in [0.25, 0.3) is 0 Å². The van der Waals surface area contributed by atoms with Crippen molar-refractivity contribution in [3.8, 4) is 0 Å². The summed E-state index contributed by atoms with van der Waals surface area (Å²) in [5.74, 6) is 0.0687. The highest BCUT2D eigenvalue weighted by atomic mass is 16.2. The maximum absolute atomic E-state index is 11.3. The van der Waals surface area contributed by atoms with Crippen LogP contribution in [0.1, 0.15) is 18.2 Å². The van der Waals surface area contributed by atoms with E-state index in [9.17, 15) is 4.79 Å². The largest absolute Gasteiger partial charge is 0.379 e. The number of anilines is 1. The maximum atomic E-state index is 11.3. The molecule has 1 heterocycles. The van der Waals surface area contributed by atoms with E-state index in [1.54, 1.807) is 11.8 Å². The Kier molecular flexibility index (Phi) is 4.23. The fourth-order valence-corrected chi connectivity index (χ4v) is 1.87. The molecule has 0 atom stereocenters. The van der Waals surface area contributed by atoms with Gasteiger partial charge in [-0.3, -0.25) is 4.79 Å². The molecule has 2 rings (SSSR count). The lowest BCUT2D eigenvalue weighted by Gasteiger charge is -2.18. The Morgan fingerprint density at radius 2 is 2.05 bits per heavy atom. The van der Waals surface area contributed by atoms with Gasteiger partial charge in [-0.1, -0.05) is 18.2 Å². The van der Waals surface area contributed by atoms with Crippen LogP contribution in [0.2, 0.25) is 0 Å². The Balaban J connectivity index is 2.05. The summed E-state index contributed by atoms with van der Waals surface area (Å²) in [6, 6.07) is 12.1. The first kappa shape index (κ1) is 13.2. The summed E-state index contributed by atoms with van der Waals surface area (Å²) in [4.78, 5) is 16.2. The minimum absolute atomic E-state index is 0.0687. The molecule has 1 amide bonds. The van der Waals surface area contributed by atoms with Crippen molar-refractivity contribution in [2.45, 2.75) is 20.0 Å². The lowest BCUT2D eigenvalue weighted by Crippen LogP contribution is -2.23. The number of carbonyl (C=O) groups is 1. The van der Waals surface area contributed by atoms with Crippen molar-refractivity contribution in [2.75, 3.05) is 12.4 Å². The van der Waals surface area contributed by atoms with Crippen molar-refractivity contribution >= 4 is 11.6 Å². The van der Waals surface area contributed by atoms with Gasteiger partial charge < -0.3 is 15.2 Å². The summed E-state index contributed by atoms with van der Waals surface area (Å²) in [6.07, 6.45) is 1.91. The number of nitrogens with zero attached hydrogens (tertiary/aromatic N) is 1. The van der Waals surface area contributed by atoms with Crippen LogP contribution >= 0.6 is 0 Å². The average Bonchev–Trinajstić information content (AvgIpc) is 2.90. The summed E-state index contributed by atoms with van der Waals surface area (Å²) < 4.78 is 0. The number of amides is 1. The van der Waals surface area contributed by atoms with Crippen molar-refractivity contribution in [2.24, 2.45) is 0 Å². The molecule has 0 aliphatic rings. The molecule has 0 saturated carbocycles. The van der Waals surface area contributed by atoms with Gasteiger partial charge in [-0.15, -0.1) is 0 Å². The zero-order valence-electron chi connectivity index (χ0n) is 11.3. The van der Waals surface area contributed by atoms with Crippen LogP contribution in [0.15, 0.2) is 42.6 Å². The minimum atomic E-state index is 0.0687.